The van der Waals surface area contributed by atoms with Gasteiger partial charge in [0.1, 0.15) is 0 Å². The average Bonchev–Trinajstić information content (AvgIpc) is 2.98. The topological polar surface area (TPSA) is 23.5 Å². The number of rotatable bonds is 7. The predicted molar refractivity (Wildman–Crippen MR) is 58.2 cm³/mol. The first-order valence-electron chi connectivity index (χ1n) is 6.18. The van der Waals surface area contributed by atoms with Gasteiger partial charge in [-0.2, -0.15) is 0 Å². The summed E-state index contributed by atoms with van der Waals surface area (Å²) in [6, 6.07) is 0.907. The van der Waals surface area contributed by atoms with Crippen LogP contribution in [0.5, 0.6) is 0 Å². The fourth-order valence-electron chi connectivity index (χ4n) is 2.08. The van der Waals surface area contributed by atoms with E-state index >= 15 is 0 Å². The number of aliphatic hydroxyl groups is 1. The van der Waals surface area contributed by atoms with Crippen LogP contribution in [0.4, 0.5) is 0 Å². The molecule has 0 aromatic rings. The van der Waals surface area contributed by atoms with Crippen LogP contribution in [-0.2, 0) is 0 Å². The van der Waals surface area contributed by atoms with Crippen LogP contribution in [0.2, 0.25) is 0 Å². The normalized spacial score (nSPS) is 24.2. The molecule has 0 radical (unpaired) electrons. The average molecular weight is 197 g/mol. The van der Waals surface area contributed by atoms with Gasteiger partial charge >= 0.3 is 0 Å². The van der Waals surface area contributed by atoms with Gasteiger partial charge in [0.15, 0.2) is 0 Å². The molecule has 0 spiro atoms. The fraction of sp³-hybridized carbons (Fsp3) is 1.00. The highest BCUT2D eigenvalue weighted by molar-refractivity contribution is 4.88. The second-order valence-corrected chi connectivity index (χ2v) is 5.16. The highest BCUT2D eigenvalue weighted by Gasteiger charge is 2.32. The van der Waals surface area contributed by atoms with Gasteiger partial charge in [-0.3, -0.25) is 0 Å². The van der Waals surface area contributed by atoms with E-state index in [4.69, 9.17) is 0 Å². The Kier molecular flexibility index (Phi) is 3.45. The Morgan fingerprint density at radius 2 is 2.00 bits per heavy atom. The number of nitrogens with zero attached hydrogens (tertiary/aromatic N) is 1. The zero-order valence-electron chi connectivity index (χ0n) is 9.28. The first-order chi connectivity index (χ1) is 6.75. The Hall–Kier alpha value is -0.0800. The molecule has 0 aromatic carbocycles. The van der Waals surface area contributed by atoms with Crippen molar-refractivity contribution in [2.24, 2.45) is 5.92 Å². The highest BCUT2D eigenvalue weighted by atomic mass is 16.3. The lowest BCUT2D eigenvalue weighted by atomic mass is 10.2. The third-order valence-corrected chi connectivity index (χ3v) is 3.32. The Morgan fingerprint density at radius 1 is 1.29 bits per heavy atom. The van der Waals surface area contributed by atoms with Crippen molar-refractivity contribution >= 4 is 0 Å². The summed E-state index contributed by atoms with van der Waals surface area (Å²) in [6.07, 6.45) is 7.77. The molecule has 82 valence electrons. The van der Waals surface area contributed by atoms with Crippen LogP contribution < -0.4 is 0 Å². The van der Waals surface area contributed by atoms with E-state index in [-0.39, 0.29) is 6.10 Å². The van der Waals surface area contributed by atoms with E-state index in [2.05, 4.69) is 4.90 Å². The summed E-state index contributed by atoms with van der Waals surface area (Å²) in [5.41, 5.74) is 0. The molecule has 2 nitrogen and oxygen atoms in total. The van der Waals surface area contributed by atoms with Crippen LogP contribution in [0, 0.1) is 5.92 Å². The van der Waals surface area contributed by atoms with Crippen LogP contribution in [-0.4, -0.2) is 35.2 Å². The van der Waals surface area contributed by atoms with E-state index in [1.807, 2.05) is 6.92 Å². The lowest BCUT2D eigenvalue weighted by Crippen LogP contribution is -2.29. The molecule has 1 atom stereocenters. The first kappa shape index (κ1) is 10.4. The summed E-state index contributed by atoms with van der Waals surface area (Å²) in [6.45, 7) is 4.44. The smallest absolute Gasteiger partial charge is 0.0512 e. The molecule has 1 N–H and O–H groups in total. The molecular formula is C12H23NO. The predicted octanol–water partition coefficient (Wildman–Crippen LogP) is 2.02. The zero-order chi connectivity index (χ0) is 9.97. The van der Waals surface area contributed by atoms with E-state index in [0.717, 1.165) is 18.4 Å². The highest BCUT2D eigenvalue weighted by Crippen LogP contribution is 2.34. The molecule has 2 fully saturated rings. The number of aliphatic hydroxyl groups excluding tert-OH is 1. The minimum atomic E-state index is -0.114. The van der Waals surface area contributed by atoms with E-state index in [0.29, 0.717) is 0 Å². The summed E-state index contributed by atoms with van der Waals surface area (Å²) in [5.74, 6) is 1.02. The third-order valence-electron chi connectivity index (χ3n) is 3.32. The van der Waals surface area contributed by atoms with Gasteiger partial charge < -0.3 is 10.0 Å². The van der Waals surface area contributed by atoms with Crippen molar-refractivity contribution in [1.82, 2.24) is 4.90 Å². The molecule has 2 saturated carbocycles. The largest absolute Gasteiger partial charge is 0.393 e. The Labute approximate surface area is 87.3 Å². The van der Waals surface area contributed by atoms with Gasteiger partial charge in [0.2, 0.25) is 0 Å². The molecule has 2 rings (SSSR count). The van der Waals surface area contributed by atoms with E-state index in [9.17, 15) is 5.11 Å². The zero-order valence-corrected chi connectivity index (χ0v) is 9.28. The molecule has 0 bridgehead atoms. The number of hydrogen-bond acceptors (Lipinski definition) is 2. The lowest BCUT2D eigenvalue weighted by Gasteiger charge is -2.21. The van der Waals surface area contributed by atoms with Crippen molar-refractivity contribution in [3.8, 4) is 0 Å². The maximum absolute atomic E-state index is 9.20. The molecule has 1 unspecified atom stereocenters. The Bertz CT molecular complexity index is 173. The molecule has 2 aliphatic rings. The van der Waals surface area contributed by atoms with Crippen LogP contribution in [0.25, 0.3) is 0 Å². The summed E-state index contributed by atoms with van der Waals surface area (Å²) in [4.78, 5) is 2.67. The SMILES string of the molecule is CC(O)CCCN(CC1CC1)C1CC1. The second-order valence-electron chi connectivity index (χ2n) is 5.16. The Balaban J connectivity index is 1.62. The number of hydrogen-bond donors (Lipinski definition) is 1. The van der Waals surface area contributed by atoms with Gasteiger partial charge in [-0.1, -0.05) is 0 Å². The molecular weight excluding hydrogens is 174 g/mol. The minimum absolute atomic E-state index is 0.114. The lowest BCUT2D eigenvalue weighted by molar-refractivity contribution is 0.167. The van der Waals surface area contributed by atoms with Gasteiger partial charge in [-0.25, -0.2) is 0 Å². The van der Waals surface area contributed by atoms with Gasteiger partial charge in [0.05, 0.1) is 6.10 Å². The third kappa shape index (κ3) is 3.58. The summed E-state index contributed by atoms with van der Waals surface area (Å²) in [7, 11) is 0. The molecule has 0 heterocycles. The molecule has 2 aliphatic carbocycles. The van der Waals surface area contributed by atoms with Gasteiger partial charge in [0, 0.05) is 12.6 Å². The quantitative estimate of drug-likeness (QED) is 0.675. The second kappa shape index (κ2) is 4.63. The summed E-state index contributed by atoms with van der Waals surface area (Å²) in [5, 5.41) is 9.20. The molecule has 0 aromatic heterocycles. The van der Waals surface area contributed by atoms with Gasteiger partial charge in [0.25, 0.3) is 0 Å². The van der Waals surface area contributed by atoms with Crippen molar-refractivity contribution in [1.29, 1.82) is 0 Å². The van der Waals surface area contributed by atoms with Crippen molar-refractivity contribution < 1.29 is 5.11 Å². The van der Waals surface area contributed by atoms with Crippen LogP contribution in [0.1, 0.15) is 45.4 Å². The standard InChI is InChI=1S/C12H23NO/c1-10(14)3-2-8-13(12-6-7-12)9-11-4-5-11/h10-12,14H,2-9H2,1H3. The van der Waals surface area contributed by atoms with Crippen molar-refractivity contribution in [2.45, 2.75) is 57.6 Å². The van der Waals surface area contributed by atoms with Crippen LogP contribution in [0.3, 0.4) is 0 Å². The van der Waals surface area contributed by atoms with Crippen molar-refractivity contribution in [2.75, 3.05) is 13.1 Å². The molecule has 14 heavy (non-hydrogen) atoms. The maximum Gasteiger partial charge on any atom is 0.0512 e. The van der Waals surface area contributed by atoms with Gasteiger partial charge in [-0.15, -0.1) is 0 Å². The maximum atomic E-state index is 9.20. The minimum Gasteiger partial charge on any atom is -0.393 e. The molecule has 0 amide bonds. The fourth-order valence-corrected chi connectivity index (χ4v) is 2.08. The molecule has 2 heteroatoms. The van der Waals surface area contributed by atoms with E-state index in [1.165, 1.54) is 45.2 Å². The van der Waals surface area contributed by atoms with Gasteiger partial charge in [-0.05, 0) is 57.9 Å². The summed E-state index contributed by atoms with van der Waals surface area (Å²) >= 11 is 0. The van der Waals surface area contributed by atoms with Crippen LogP contribution >= 0.6 is 0 Å². The van der Waals surface area contributed by atoms with E-state index < -0.39 is 0 Å². The van der Waals surface area contributed by atoms with Crippen LogP contribution in [0.15, 0.2) is 0 Å². The molecule has 0 saturated heterocycles. The Morgan fingerprint density at radius 3 is 2.50 bits per heavy atom. The van der Waals surface area contributed by atoms with Crippen molar-refractivity contribution in [3.63, 3.8) is 0 Å². The monoisotopic (exact) mass is 197 g/mol. The van der Waals surface area contributed by atoms with E-state index in [1.54, 1.807) is 0 Å². The first-order valence-corrected chi connectivity index (χ1v) is 6.18. The summed E-state index contributed by atoms with van der Waals surface area (Å²) < 4.78 is 0. The molecule has 0 aliphatic heterocycles. The van der Waals surface area contributed by atoms with Crippen molar-refractivity contribution in [3.05, 3.63) is 0 Å².